The van der Waals surface area contributed by atoms with E-state index in [4.69, 9.17) is 32.7 Å². The van der Waals surface area contributed by atoms with Crippen LogP contribution in [0.3, 0.4) is 0 Å². The van der Waals surface area contributed by atoms with Gasteiger partial charge in [0, 0.05) is 5.56 Å². The van der Waals surface area contributed by atoms with E-state index < -0.39 is 0 Å². The second-order valence-corrected chi connectivity index (χ2v) is 6.09. The Morgan fingerprint density at radius 3 is 2.55 bits per heavy atom. The Hall–Kier alpha value is -1.08. The fraction of sp³-hybridized carbons (Fsp3) is 0.333. The summed E-state index contributed by atoms with van der Waals surface area (Å²) in [5, 5.41) is 3.14. The number of thiophene rings is 1. The molecule has 0 radical (unpaired) electrons. The molecule has 0 aliphatic carbocycles. The van der Waals surface area contributed by atoms with Gasteiger partial charge in [0.25, 0.3) is 0 Å². The van der Waals surface area contributed by atoms with Crippen LogP contribution in [0.15, 0.2) is 12.3 Å². The normalized spacial score (nSPS) is 12.2. The Labute approximate surface area is 130 Å². The zero-order valence-corrected chi connectivity index (χ0v) is 13.4. The molecule has 0 aliphatic rings. The number of nitrogens with zero attached hydrogens (tertiary/aromatic N) is 2. The van der Waals surface area contributed by atoms with Crippen LogP contribution >= 0.6 is 34.5 Å². The highest BCUT2D eigenvalue weighted by atomic mass is 35.5. The molecule has 1 unspecified atom stereocenters. The van der Waals surface area contributed by atoms with E-state index >= 15 is 0 Å². The van der Waals surface area contributed by atoms with Crippen molar-refractivity contribution in [1.29, 1.82) is 0 Å². The van der Waals surface area contributed by atoms with Crippen LogP contribution in [0.5, 0.6) is 11.8 Å². The van der Waals surface area contributed by atoms with Gasteiger partial charge in [0.05, 0.1) is 35.1 Å². The molecule has 0 saturated carbocycles. The maximum Gasteiger partial charge on any atom is 0.240 e. The average Bonchev–Trinajstić information content (AvgIpc) is 2.79. The highest BCUT2D eigenvalue weighted by Gasteiger charge is 2.24. The van der Waals surface area contributed by atoms with Gasteiger partial charge in [0.1, 0.15) is 5.69 Å². The predicted molar refractivity (Wildman–Crippen MR) is 80.4 cm³/mol. The van der Waals surface area contributed by atoms with Crippen molar-refractivity contribution >= 4 is 34.5 Å². The maximum absolute atomic E-state index is 6.20. The fourth-order valence-electron chi connectivity index (χ4n) is 1.80. The first-order valence-electron chi connectivity index (χ1n) is 5.67. The van der Waals surface area contributed by atoms with E-state index in [0.717, 1.165) is 5.56 Å². The van der Waals surface area contributed by atoms with Gasteiger partial charge >= 0.3 is 0 Å². The predicted octanol–water partition coefficient (Wildman–Crippen LogP) is 3.17. The second-order valence-electron chi connectivity index (χ2n) is 3.81. The van der Waals surface area contributed by atoms with Crippen molar-refractivity contribution in [3.05, 3.63) is 32.2 Å². The summed E-state index contributed by atoms with van der Waals surface area (Å²) in [7, 11) is 4.86. The van der Waals surface area contributed by atoms with Crippen molar-refractivity contribution in [2.45, 2.75) is 6.04 Å². The monoisotopic (exact) mass is 333 g/mol. The van der Waals surface area contributed by atoms with Gasteiger partial charge in [-0.3, -0.25) is 0 Å². The summed E-state index contributed by atoms with van der Waals surface area (Å²) in [5.41, 5.74) is 1.45. The molecule has 0 spiro atoms. The van der Waals surface area contributed by atoms with E-state index in [1.807, 2.05) is 0 Å². The summed E-state index contributed by atoms with van der Waals surface area (Å²) in [5.74, 6) is 0.761. The van der Waals surface area contributed by atoms with E-state index in [1.165, 1.54) is 31.8 Å². The lowest BCUT2D eigenvalue weighted by Crippen LogP contribution is -2.20. The number of hydrogen-bond donors (Lipinski definition) is 1. The average molecular weight is 334 g/mol. The third-order valence-electron chi connectivity index (χ3n) is 2.70. The van der Waals surface area contributed by atoms with Crippen LogP contribution in [0.1, 0.15) is 17.3 Å². The highest BCUT2D eigenvalue weighted by Crippen LogP contribution is 2.38. The molecule has 0 amide bonds. The molecular weight excluding hydrogens is 321 g/mol. The first-order chi connectivity index (χ1) is 9.60. The molecular formula is C12H13Cl2N3O2S. The van der Waals surface area contributed by atoms with Crippen LogP contribution in [-0.2, 0) is 0 Å². The summed E-state index contributed by atoms with van der Waals surface area (Å²) < 4.78 is 11.5. The molecule has 0 fully saturated rings. The number of rotatable bonds is 5. The first-order valence-corrected chi connectivity index (χ1v) is 7.24. The quantitative estimate of drug-likeness (QED) is 0.910. The van der Waals surface area contributed by atoms with E-state index in [0.29, 0.717) is 26.1 Å². The van der Waals surface area contributed by atoms with E-state index in [9.17, 15) is 0 Å². The van der Waals surface area contributed by atoms with Gasteiger partial charge in [0.15, 0.2) is 0 Å². The standard InChI is InChI=1S/C12H13Cl2N3O2S/c1-15-9(6-4-7(13)20-11(6)14)10-12(19-3)17-8(18-2)5-16-10/h4-5,9,15H,1-3H3. The van der Waals surface area contributed by atoms with Gasteiger partial charge in [-0.15, -0.1) is 11.3 Å². The summed E-state index contributed by atoms with van der Waals surface area (Å²) >= 11 is 13.5. The molecule has 0 bridgehead atoms. The minimum atomic E-state index is -0.264. The number of methoxy groups -OCH3 is 2. The molecule has 0 aliphatic heterocycles. The molecule has 2 heterocycles. The molecule has 108 valence electrons. The lowest BCUT2D eigenvalue weighted by Gasteiger charge is -2.17. The fourth-order valence-corrected chi connectivity index (χ4v) is 3.33. The Morgan fingerprint density at radius 1 is 1.30 bits per heavy atom. The Balaban J connectivity index is 2.49. The molecule has 8 heteroatoms. The summed E-state index contributed by atoms with van der Waals surface area (Å²) in [6.45, 7) is 0. The van der Waals surface area contributed by atoms with Crippen LogP contribution in [0.4, 0.5) is 0 Å². The van der Waals surface area contributed by atoms with E-state index in [-0.39, 0.29) is 6.04 Å². The third kappa shape index (κ3) is 2.98. The molecule has 0 aromatic carbocycles. The van der Waals surface area contributed by atoms with Crippen LogP contribution in [0.2, 0.25) is 8.67 Å². The lowest BCUT2D eigenvalue weighted by molar-refractivity contribution is 0.353. The maximum atomic E-state index is 6.20. The second kappa shape index (κ2) is 6.58. The molecule has 1 atom stereocenters. The Kier molecular flexibility index (Phi) is 5.04. The smallest absolute Gasteiger partial charge is 0.240 e. The molecule has 5 nitrogen and oxygen atoms in total. The topological polar surface area (TPSA) is 56.3 Å². The minimum Gasteiger partial charge on any atom is -0.480 e. The summed E-state index contributed by atoms with van der Waals surface area (Å²) in [6, 6.07) is 1.54. The van der Waals surface area contributed by atoms with Gasteiger partial charge < -0.3 is 14.8 Å². The van der Waals surface area contributed by atoms with Crippen molar-refractivity contribution < 1.29 is 9.47 Å². The number of halogens is 2. The zero-order chi connectivity index (χ0) is 14.7. The van der Waals surface area contributed by atoms with Crippen molar-refractivity contribution in [1.82, 2.24) is 15.3 Å². The van der Waals surface area contributed by atoms with E-state index in [1.54, 1.807) is 13.1 Å². The SMILES string of the molecule is CNC(c1cc(Cl)sc1Cl)c1ncc(OC)nc1OC. The number of hydrogen-bond acceptors (Lipinski definition) is 6. The van der Waals surface area contributed by atoms with Gasteiger partial charge in [-0.25, -0.2) is 4.98 Å². The third-order valence-corrected chi connectivity index (χ3v) is 4.22. The number of ether oxygens (including phenoxy) is 2. The molecule has 2 aromatic heterocycles. The van der Waals surface area contributed by atoms with Crippen LogP contribution in [-0.4, -0.2) is 31.2 Å². The first kappa shape index (κ1) is 15.3. The Bertz CT molecular complexity index is 606. The van der Waals surface area contributed by atoms with Gasteiger partial charge in [-0.1, -0.05) is 23.2 Å². The number of aromatic nitrogens is 2. The lowest BCUT2D eigenvalue weighted by atomic mass is 10.1. The summed E-state index contributed by atoms with van der Waals surface area (Å²) in [6.07, 6.45) is 1.53. The van der Waals surface area contributed by atoms with Crippen LogP contribution < -0.4 is 14.8 Å². The molecule has 0 saturated heterocycles. The molecule has 1 N–H and O–H groups in total. The van der Waals surface area contributed by atoms with E-state index in [2.05, 4.69) is 15.3 Å². The zero-order valence-electron chi connectivity index (χ0n) is 11.1. The van der Waals surface area contributed by atoms with Crippen molar-refractivity contribution in [2.24, 2.45) is 0 Å². The minimum absolute atomic E-state index is 0.264. The van der Waals surface area contributed by atoms with Crippen LogP contribution in [0, 0.1) is 0 Å². The van der Waals surface area contributed by atoms with Gasteiger partial charge in [-0.2, -0.15) is 4.98 Å². The van der Waals surface area contributed by atoms with Crippen molar-refractivity contribution in [3.8, 4) is 11.8 Å². The largest absolute Gasteiger partial charge is 0.480 e. The molecule has 20 heavy (non-hydrogen) atoms. The highest BCUT2D eigenvalue weighted by molar-refractivity contribution is 7.20. The molecule has 2 rings (SSSR count). The van der Waals surface area contributed by atoms with Gasteiger partial charge in [-0.05, 0) is 13.1 Å². The van der Waals surface area contributed by atoms with Crippen molar-refractivity contribution in [3.63, 3.8) is 0 Å². The number of nitrogens with one attached hydrogen (secondary N) is 1. The van der Waals surface area contributed by atoms with Gasteiger partial charge in [0.2, 0.25) is 11.8 Å². The summed E-state index contributed by atoms with van der Waals surface area (Å²) in [4.78, 5) is 8.57. The van der Waals surface area contributed by atoms with Crippen LogP contribution in [0.25, 0.3) is 0 Å². The Morgan fingerprint density at radius 2 is 2.05 bits per heavy atom. The van der Waals surface area contributed by atoms with Crippen molar-refractivity contribution in [2.75, 3.05) is 21.3 Å². The molecule has 2 aromatic rings.